The molecule has 1 fully saturated rings. The molecule has 1 saturated carbocycles. The van der Waals surface area contributed by atoms with E-state index in [1.54, 1.807) is 6.07 Å². The first-order valence-electron chi connectivity index (χ1n) is 7.23. The summed E-state index contributed by atoms with van der Waals surface area (Å²) in [5, 5.41) is 0. The van der Waals surface area contributed by atoms with Gasteiger partial charge in [-0.25, -0.2) is 4.39 Å². The average molecular weight is 264 g/mol. The molecule has 1 aliphatic rings. The van der Waals surface area contributed by atoms with Gasteiger partial charge in [0.15, 0.2) is 0 Å². The molecule has 0 heterocycles. The van der Waals surface area contributed by atoms with Crippen molar-refractivity contribution >= 4 is 0 Å². The minimum atomic E-state index is -0.169. The normalized spacial score (nSPS) is 19.8. The fourth-order valence-electron chi connectivity index (χ4n) is 3.13. The third kappa shape index (κ3) is 3.15. The van der Waals surface area contributed by atoms with Gasteiger partial charge in [0.05, 0.1) is 0 Å². The molecule has 0 aromatic heterocycles. The van der Waals surface area contributed by atoms with Gasteiger partial charge in [0, 0.05) is 18.1 Å². The van der Waals surface area contributed by atoms with Gasteiger partial charge in [-0.1, -0.05) is 31.0 Å². The van der Waals surface area contributed by atoms with E-state index in [9.17, 15) is 4.39 Å². The predicted molar refractivity (Wildman–Crippen MR) is 77.6 cm³/mol. The van der Waals surface area contributed by atoms with Crippen molar-refractivity contribution in [1.29, 1.82) is 0 Å². The molecular weight excluding hydrogens is 239 g/mol. The molecule has 1 aromatic rings. The summed E-state index contributed by atoms with van der Waals surface area (Å²) in [7, 11) is 2.14. The van der Waals surface area contributed by atoms with Crippen LogP contribution in [0, 0.1) is 5.82 Å². The van der Waals surface area contributed by atoms with E-state index < -0.39 is 0 Å². The minimum absolute atomic E-state index is 0.123. The van der Waals surface area contributed by atoms with Crippen molar-refractivity contribution in [3.05, 3.63) is 35.6 Å². The van der Waals surface area contributed by atoms with Crippen molar-refractivity contribution in [2.24, 2.45) is 5.73 Å². The molecule has 2 N–H and O–H groups in total. The Kier molecular flexibility index (Phi) is 4.58. The van der Waals surface area contributed by atoms with Crippen LogP contribution in [0.25, 0.3) is 0 Å². The van der Waals surface area contributed by atoms with Crippen LogP contribution in [0.3, 0.4) is 0 Å². The standard InChI is InChI=1S/C16H25FN2/c1-16(12-18,19(2)14-8-4-5-9-14)11-13-7-3-6-10-15(13)17/h3,6-7,10,14H,4-5,8-9,11-12,18H2,1-2H3. The topological polar surface area (TPSA) is 29.3 Å². The summed E-state index contributed by atoms with van der Waals surface area (Å²) in [4.78, 5) is 2.38. The number of hydrogen-bond donors (Lipinski definition) is 1. The second-order valence-electron chi connectivity index (χ2n) is 6.02. The van der Waals surface area contributed by atoms with Gasteiger partial charge in [0.25, 0.3) is 0 Å². The number of halogens is 1. The summed E-state index contributed by atoms with van der Waals surface area (Å²) < 4.78 is 13.8. The molecule has 0 amide bonds. The van der Waals surface area contributed by atoms with Crippen molar-refractivity contribution in [2.45, 2.75) is 50.6 Å². The van der Waals surface area contributed by atoms with Gasteiger partial charge in [-0.3, -0.25) is 4.90 Å². The zero-order chi connectivity index (χ0) is 13.9. The van der Waals surface area contributed by atoms with E-state index in [1.165, 1.54) is 31.7 Å². The molecule has 1 aromatic carbocycles. The highest BCUT2D eigenvalue weighted by Crippen LogP contribution is 2.30. The zero-order valence-electron chi connectivity index (χ0n) is 12.0. The van der Waals surface area contributed by atoms with Gasteiger partial charge >= 0.3 is 0 Å². The van der Waals surface area contributed by atoms with Crippen LogP contribution in [0.4, 0.5) is 4.39 Å². The highest BCUT2D eigenvalue weighted by molar-refractivity contribution is 5.20. The maximum Gasteiger partial charge on any atom is 0.126 e. The molecule has 0 radical (unpaired) electrons. The molecule has 0 spiro atoms. The lowest BCUT2D eigenvalue weighted by Crippen LogP contribution is -2.54. The molecule has 0 aliphatic heterocycles. The summed E-state index contributed by atoms with van der Waals surface area (Å²) >= 11 is 0. The Hall–Kier alpha value is -0.930. The van der Waals surface area contributed by atoms with Gasteiger partial charge in [0.2, 0.25) is 0 Å². The average Bonchev–Trinajstić information content (AvgIpc) is 2.94. The summed E-state index contributed by atoms with van der Waals surface area (Å²) in [6, 6.07) is 7.62. The monoisotopic (exact) mass is 264 g/mol. The van der Waals surface area contributed by atoms with Crippen LogP contribution >= 0.6 is 0 Å². The fraction of sp³-hybridized carbons (Fsp3) is 0.625. The summed E-state index contributed by atoms with van der Waals surface area (Å²) in [5.74, 6) is -0.123. The lowest BCUT2D eigenvalue weighted by molar-refractivity contribution is 0.0935. The second-order valence-corrected chi connectivity index (χ2v) is 6.02. The summed E-state index contributed by atoms with van der Waals surface area (Å²) in [6.07, 6.45) is 5.75. The van der Waals surface area contributed by atoms with Crippen molar-refractivity contribution in [2.75, 3.05) is 13.6 Å². The lowest BCUT2D eigenvalue weighted by Gasteiger charge is -2.42. The number of hydrogen-bond acceptors (Lipinski definition) is 2. The first kappa shape index (κ1) is 14.5. The molecule has 0 bridgehead atoms. The van der Waals surface area contributed by atoms with Crippen LogP contribution in [-0.2, 0) is 6.42 Å². The Morgan fingerprint density at radius 1 is 1.32 bits per heavy atom. The molecule has 1 atom stereocenters. The molecule has 19 heavy (non-hydrogen) atoms. The Labute approximate surface area is 115 Å². The summed E-state index contributed by atoms with van der Waals surface area (Å²) in [5.41, 5.74) is 6.60. The summed E-state index contributed by atoms with van der Waals surface area (Å²) in [6.45, 7) is 2.70. The Bertz CT molecular complexity index is 415. The van der Waals surface area contributed by atoms with E-state index in [4.69, 9.17) is 5.73 Å². The number of benzene rings is 1. The van der Waals surface area contributed by atoms with Gasteiger partial charge in [0.1, 0.15) is 5.82 Å². The number of nitrogens with two attached hydrogens (primary N) is 1. The van der Waals surface area contributed by atoms with Crippen molar-refractivity contribution in [3.8, 4) is 0 Å². The van der Waals surface area contributed by atoms with Crippen molar-refractivity contribution in [1.82, 2.24) is 4.90 Å². The zero-order valence-corrected chi connectivity index (χ0v) is 12.0. The Morgan fingerprint density at radius 3 is 2.53 bits per heavy atom. The van der Waals surface area contributed by atoms with Crippen LogP contribution in [-0.4, -0.2) is 30.1 Å². The molecule has 3 heteroatoms. The van der Waals surface area contributed by atoms with E-state index >= 15 is 0 Å². The maximum atomic E-state index is 13.8. The first-order chi connectivity index (χ1) is 9.07. The molecule has 0 saturated heterocycles. The van der Waals surface area contributed by atoms with E-state index in [0.29, 0.717) is 19.0 Å². The second kappa shape index (κ2) is 6.02. The molecule has 2 rings (SSSR count). The van der Waals surface area contributed by atoms with E-state index in [2.05, 4.69) is 18.9 Å². The van der Waals surface area contributed by atoms with E-state index in [1.807, 2.05) is 12.1 Å². The van der Waals surface area contributed by atoms with Crippen LogP contribution in [0.1, 0.15) is 38.2 Å². The molecule has 106 valence electrons. The van der Waals surface area contributed by atoms with Gasteiger partial charge in [-0.2, -0.15) is 0 Å². The van der Waals surface area contributed by atoms with Crippen LogP contribution in [0.15, 0.2) is 24.3 Å². The first-order valence-corrected chi connectivity index (χ1v) is 7.23. The highest BCUT2D eigenvalue weighted by atomic mass is 19.1. The third-order valence-corrected chi connectivity index (χ3v) is 4.69. The largest absolute Gasteiger partial charge is 0.329 e. The Morgan fingerprint density at radius 2 is 1.95 bits per heavy atom. The number of rotatable bonds is 5. The van der Waals surface area contributed by atoms with E-state index in [-0.39, 0.29) is 11.4 Å². The molecule has 1 aliphatic carbocycles. The number of likely N-dealkylation sites (N-methyl/N-ethyl adjacent to an activating group) is 1. The molecule has 1 unspecified atom stereocenters. The Balaban J connectivity index is 2.15. The van der Waals surface area contributed by atoms with Crippen LogP contribution in [0.5, 0.6) is 0 Å². The quantitative estimate of drug-likeness (QED) is 0.886. The smallest absolute Gasteiger partial charge is 0.126 e. The fourth-order valence-corrected chi connectivity index (χ4v) is 3.13. The van der Waals surface area contributed by atoms with Crippen LogP contribution in [0.2, 0.25) is 0 Å². The van der Waals surface area contributed by atoms with E-state index in [0.717, 1.165) is 5.56 Å². The van der Waals surface area contributed by atoms with Crippen molar-refractivity contribution in [3.63, 3.8) is 0 Å². The van der Waals surface area contributed by atoms with Crippen LogP contribution < -0.4 is 5.73 Å². The lowest BCUT2D eigenvalue weighted by atomic mass is 9.89. The van der Waals surface area contributed by atoms with Gasteiger partial charge in [-0.05, 0) is 44.9 Å². The highest BCUT2D eigenvalue weighted by Gasteiger charge is 2.34. The van der Waals surface area contributed by atoms with Gasteiger partial charge < -0.3 is 5.73 Å². The van der Waals surface area contributed by atoms with Gasteiger partial charge in [-0.15, -0.1) is 0 Å². The van der Waals surface area contributed by atoms with Crippen molar-refractivity contribution < 1.29 is 4.39 Å². The molecular formula is C16H25FN2. The molecule has 2 nitrogen and oxygen atoms in total. The SMILES string of the molecule is CN(C1CCCC1)C(C)(CN)Cc1ccccc1F. The predicted octanol–water partition coefficient (Wildman–Crippen LogP) is 2.96. The maximum absolute atomic E-state index is 13.8. The number of nitrogens with zero attached hydrogens (tertiary/aromatic N) is 1. The third-order valence-electron chi connectivity index (χ3n) is 4.69. The minimum Gasteiger partial charge on any atom is -0.329 e.